The summed E-state index contributed by atoms with van der Waals surface area (Å²) in [5, 5.41) is 10.9. The fraction of sp³-hybridized carbons (Fsp3) is 0.889. The number of amides is 1. The first-order chi connectivity index (χ1) is 6.95. The number of aliphatic hydroxyl groups is 1. The van der Waals surface area contributed by atoms with Gasteiger partial charge in [0, 0.05) is 26.0 Å². The minimum absolute atomic E-state index is 0.0315. The van der Waals surface area contributed by atoms with E-state index in [2.05, 4.69) is 5.32 Å². The van der Waals surface area contributed by atoms with Crippen molar-refractivity contribution in [2.45, 2.75) is 38.3 Å². The highest BCUT2D eigenvalue weighted by molar-refractivity contribution is 5.75. The topological polar surface area (TPSA) is 49.3 Å². The van der Waals surface area contributed by atoms with Gasteiger partial charge >= 0.3 is 6.18 Å². The first-order valence-electron chi connectivity index (χ1n) is 4.90. The zero-order chi connectivity index (χ0) is 11.7. The molecule has 0 aromatic carbocycles. The normalized spacial score (nSPS) is 11.5. The summed E-state index contributed by atoms with van der Waals surface area (Å²) >= 11 is 0. The van der Waals surface area contributed by atoms with Crippen molar-refractivity contribution in [2.75, 3.05) is 13.2 Å². The Morgan fingerprint density at radius 2 is 1.87 bits per heavy atom. The van der Waals surface area contributed by atoms with Gasteiger partial charge in [-0.15, -0.1) is 0 Å². The minimum Gasteiger partial charge on any atom is -0.396 e. The van der Waals surface area contributed by atoms with E-state index in [-0.39, 0.29) is 31.9 Å². The van der Waals surface area contributed by atoms with E-state index in [1.54, 1.807) is 0 Å². The fourth-order valence-corrected chi connectivity index (χ4v) is 1.01. The Kier molecular flexibility index (Phi) is 7.11. The van der Waals surface area contributed by atoms with Gasteiger partial charge in [-0.2, -0.15) is 13.2 Å². The third kappa shape index (κ3) is 11.1. The number of halogens is 3. The third-order valence-corrected chi connectivity index (χ3v) is 1.77. The zero-order valence-electron chi connectivity index (χ0n) is 8.44. The molecule has 0 unspecified atom stereocenters. The third-order valence-electron chi connectivity index (χ3n) is 1.77. The summed E-state index contributed by atoms with van der Waals surface area (Å²) in [5.41, 5.74) is 0. The number of carbonyl (C=O) groups excluding carboxylic acids is 1. The number of carbonyl (C=O) groups is 1. The molecule has 0 radical (unpaired) electrons. The fourth-order valence-electron chi connectivity index (χ4n) is 1.01. The summed E-state index contributed by atoms with van der Waals surface area (Å²) in [6.45, 7) is 0.210. The first kappa shape index (κ1) is 14.2. The van der Waals surface area contributed by atoms with Crippen LogP contribution in [-0.4, -0.2) is 30.3 Å². The highest BCUT2D eigenvalue weighted by Crippen LogP contribution is 2.21. The molecule has 0 aliphatic heterocycles. The second kappa shape index (κ2) is 7.50. The van der Waals surface area contributed by atoms with Crippen molar-refractivity contribution in [3.63, 3.8) is 0 Å². The van der Waals surface area contributed by atoms with E-state index in [1.807, 2.05) is 0 Å². The predicted molar refractivity (Wildman–Crippen MR) is 49.2 cm³/mol. The Morgan fingerprint density at radius 1 is 1.20 bits per heavy atom. The summed E-state index contributed by atoms with van der Waals surface area (Å²) in [5.74, 6) is -0.226. The van der Waals surface area contributed by atoms with Gasteiger partial charge in [0.1, 0.15) is 0 Å². The molecule has 2 N–H and O–H groups in total. The van der Waals surface area contributed by atoms with Crippen molar-refractivity contribution >= 4 is 5.91 Å². The van der Waals surface area contributed by atoms with Crippen molar-refractivity contribution < 1.29 is 23.1 Å². The van der Waals surface area contributed by atoms with Crippen LogP contribution in [0, 0.1) is 0 Å². The van der Waals surface area contributed by atoms with Crippen LogP contribution < -0.4 is 5.32 Å². The molecular formula is C9H16F3NO2. The lowest BCUT2D eigenvalue weighted by Gasteiger charge is -2.06. The monoisotopic (exact) mass is 227 g/mol. The molecule has 15 heavy (non-hydrogen) atoms. The molecule has 0 fully saturated rings. The van der Waals surface area contributed by atoms with E-state index in [0.717, 1.165) is 0 Å². The maximum absolute atomic E-state index is 11.7. The molecule has 0 rings (SSSR count). The molecule has 0 saturated heterocycles. The van der Waals surface area contributed by atoms with Gasteiger partial charge in [0.05, 0.1) is 0 Å². The lowest BCUT2D eigenvalue weighted by Crippen LogP contribution is -2.24. The summed E-state index contributed by atoms with van der Waals surface area (Å²) < 4.78 is 35.1. The van der Waals surface area contributed by atoms with Crippen LogP contribution in [0.25, 0.3) is 0 Å². The average Bonchev–Trinajstić information content (AvgIpc) is 2.12. The molecule has 0 saturated carbocycles. The van der Waals surface area contributed by atoms with Crippen LogP contribution in [0.2, 0.25) is 0 Å². The van der Waals surface area contributed by atoms with Gasteiger partial charge in [0.2, 0.25) is 5.91 Å². The molecule has 0 bridgehead atoms. The van der Waals surface area contributed by atoms with Gasteiger partial charge < -0.3 is 10.4 Å². The van der Waals surface area contributed by atoms with Crippen LogP contribution in [0.15, 0.2) is 0 Å². The number of hydrogen-bond acceptors (Lipinski definition) is 2. The molecule has 3 nitrogen and oxygen atoms in total. The quantitative estimate of drug-likeness (QED) is 0.649. The molecule has 0 aromatic rings. The summed E-state index contributed by atoms with van der Waals surface area (Å²) in [4.78, 5) is 10.9. The molecule has 0 atom stereocenters. The predicted octanol–water partition coefficient (Wildman–Crippen LogP) is 1.61. The van der Waals surface area contributed by atoms with E-state index in [0.29, 0.717) is 12.8 Å². The van der Waals surface area contributed by atoms with E-state index < -0.39 is 12.6 Å². The smallest absolute Gasteiger partial charge is 0.389 e. The highest BCUT2D eigenvalue weighted by atomic mass is 19.4. The average molecular weight is 227 g/mol. The molecule has 1 amide bonds. The second-order valence-corrected chi connectivity index (χ2v) is 3.25. The Bertz CT molecular complexity index is 183. The van der Waals surface area contributed by atoms with Crippen LogP contribution >= 0.6 is 0 Å². The number of rotatable bonds is 7. The van der Waals surface area contributed by atoms with Crippen molar-refractivity contribution in [1.29, 1.82) is 0 Å². The summed E-state index contributed by atoms with van der Waals surface area (Å²) in [6, 6.07) is 0. The van der Waals surface area contributed by atoms with Crippen LogP contribution in [0.4, 0.5) is 13.2 Å². The molecule has 6 heteroatoms. The Hall–Kier alpha value is -0.780. The molecule has 90 valence electrons. The Balaban J connectivity index is 3.27. The van der Waals surface area contributed by atoms with Gasteiger partial charge in [0.25, 0.3) is 0 Å². The SMILES string of the molecule is O=C(CCCO)NCCCCC(F)(F)F. The Morgan fingerprint density at radius 3 is 2.40 bits per heavy atom. The van der Waals surface area contributed by atoms with Gasteiger partial charge in [-0.1, -0.05) is 0 Å². The largest absolute Gasteiger partial charge is 0.396 e. The molecule has 0 heterocycles. The van der Waals surface area contributed by atoms with Crippen LogP contribution in [0.5, 0.6) is 0 Å². The summed E-state index contributed by atoms with van der Waals surface area (Å²) in [6.07, 6.45) is -3.96. The van der Waals surface area contributed by atoms with Crippen molar-refractivity contribution in [1.82, 2.24) is 5.32 Å². The van der Waals surface area contributed by atoms with Crippen LogP contribution in [0.3, 0.4) is 0 Å². The highest BCUT2D eigenvalue weighted by Gasteiger charge is 2.25. The van der Waals surface area contributed by atoms with Crippen LogP contribution in [0.1, 0.15) is 32.1 Å². The second-order valence-electron chi connectivity index (χ2n) is 3.25. The summed E-state index contributed by atoms with van der Waals surface area (Å²) in [7, 11) is 0. The van der Waals surface area contributed by atoms with E-state index in [1.165, 1.54) is 0 Å². The molecular weight excluding hydrogens is 211 g/mol. The maximum Gasteiger partial charge on any atom is 0.389 e. The lowest BCUT2D eigenvalue weighted by molar-refractivity contribution is -0.135. The molecule has 0 spiro atoms. The van der Waals surface area contributed by atoms with Gasteiger partial charge in [-0.3, -0.25) is 4.79 Å². The maximum atomic E-state index is 11.7. The minimum atomic E-state index is -4.11. The van der Waals surface area contributed by atoms with Crippen molar-refractivity contribution in [3.05, 3.63) is 0 Å². The number of unbranched alkanes of at least 4 members (excludes halogenated alkanes) is 1. The zero-order valence-corrected chi connectivity index (χ0v) is 8.44. The van der Waals surface area contributed by atoms with Gasteiger partial charge in [-0.05, 0) is 19.3 Å². The Labute approximate surface area is 86.7 Å². The number of alkyl halides is 3. The molecule has 0 aliphatic rings. The lowest BCUT2D eigenvalue weighted by atomic mass is 10.2. The van der Waals surface area contributed by atoms with Crippen molar-refractivity contribution in [3.8, 4) is 0 Å². The molecule has 0 aliphatic carbocycles. The van der Waals surface area contributed by atoms with E-state index in [4.69, 9.17) is 5.11 Å². The van der Waals surface area contributed by atoms with Gasteiger partial charge in [-0.25, -0.2) is 0 Å². The number of hydrogen-bond donors (Lipinski definition) is 2. The number of nitrogens with one attached hydrogen (secondary N) is 1. The number of aliphatic hydroxyl groups excluding tert-OH is 1. The molecule has 0 aromatic heterocycles. The van der Waals surface area contributed by atoms with Crippen LogP contribution in [-0.2, 0) is 4.79 Å². The first-order valence-corrected chi connectivity index (χ1v) is 4.90. The van der Waals surface area contributed by atoms with E-state index in [9.17, 15) is 18.0 Å². The standard InChI is InChI=1S/C9H16F3NO2/c10-9(11,12)5-1-2-6-13-8(15)4-3-7-14/h14H,1-7H2,(H,13,15). The van der Waals surface area contributed by atoms with Gasteiger partial charge in [0.15, 0.2) is 0 Å². The van der Waals surface area contributed by atoms with E-state index >= 15 is 0 Å². The van der Waals surface area contributed by atoms with Crippen molar-refractivity contribution in [2.24, 2.45) is 0 Å².